The largest absolute Gasteiger partial charge is 0.444 e. The molecule has 9 heteroatoms. The topological polar surface area (TPSA) is 132 Å². The van der Waals surface area contributed by atoms with Crippen molar-refractivity contribution < 1.29 is 23.9 Å². The molecule has 0 aromatic heterocycles. The summed E-state index contributed by atoms with van der Waals surface area (Å²) in [5.41, 5.74) is 4.25. The van der Waals surface area contributed by atoms with Crippen LogP contribution in [0.15, 0.2) is 0 Å². The van der Waals surface area contributed by atoms with Crippen molar-refractivity contribution in [3.05, 3.63) is 0 Å². The van der Waals surface area contributed by atoms with Crippen LogP contribution in [-0.4, -0.2) is 55.0 Å². The molecule has 0 bridgehead atoms. The molecule has 0 aromatic rings. The zero-order valence-corrected chi connectivity index (χ0v) is 16.7. The maximum absolute atomic E-state index is 11.5. The van der Waals surface area contributed by atoms with Crippen LogP contribution in [0.2, 0.25) is 0 Å². The van der Waals surface area contributed by atoms with Crippen molar-refractivity contribution in [2.75, 3.05) is 19.6 Å². The molecule has 0 saturated heterocycles. The van der Waals surface area contributed by atoms with Gasteiger partial charge in [0.05, 0.1) is 6.04 Å². The Morgan fingerprint density at radius 3 is 1.73 bits per heavy atom. The Balaban J connectivity index is 3.99. The smallest absolute Gasteiger partial charge is 0.407 e. The number of rotatable bonds is 9. The highest BCUT2D eigenvalue weighted by molar-refractivity contribution is 5.79. The Labute approximate surface area is 155 Å². The van der Waals surface area contributed by atoms with Crippen LogP contribution in [-0.2, 0) is 14.3 Å². The number of nitrogens with two attached hydrogens (primary N) is 1. The third kappa shape index (κ3) is 14.3. The monoisotopic (exact) mass is 374 g/mol. The van der Waals surface area contributed by atoms with Crippen LogP contribution < -0.4 is 21.7 Å². The lowest BCUT2D eigenvalue weighted by molar-refractivity contribution is -0.120. The first-order valence-corrected chi connectivity index (χ1v) is 8.76. The van der Waals surface area contributed by atoms with Gasteiger partial charge in [-0.05, 0) is 54.4 Å². The van der Waals surface area contributed by atoms with E-state index >= 15 is 0 Å². The third-order valence-electron chi connectivity index (χ3n) is 2.87. The highest BCUT2D eigenvalue weighted by Crippen LogP contribution is 2.07. The molecule has 0 spiro atoms. The minimum Gasteiger partial charge on any atom is -0.444 e. The van der Waals surface area contributed by atoms with Crippen molar-refractivity contribution in [3.63, 3.8) is 0 Å². The van der Waals surface area contributed by atoms with E-state index < -0.39 is 35.3 Å². The number of alkyl carbamates (subject to hydrolysis) is 2. The number of hydrogen-bond acceptors (Lipinski definition) is 6. The van der Waals surface area contributed by atoms with Gasteiger partial charge in [0.25, 0.3) is 0 Å². The summed E-state index contributed by atoms with van der Waals surface area (Å²) in [6, 6.07) is -0.545. The molecule has 0 aliphatic heterocycles. The van der Waals surface area contributed by atoms with Crippen LogP contribution in [0.5, 0.6) is 0 Å². The van der Waals surface area contributed by atoms with E-state index in [1.54, 1.807) is 41.5 Å². The number of carbonyl (C=O) groups is 3. The van der Waals surface area contributed by atoms with Crippen LogP contribution in [0.4, 0.5) is 9.59 Å². The summed E-state index contributed by atoms with van der Waals surface area (Å²) in [7, 11) is 0. The summed E-state index contributed by atoms with van der Waals surface area (Å²) >= 11 is 0. The fourth-order valence-electron chi connectivity index (χ4n) is 1.88. The van der Waals surface area contributed by atoms with Crippen LogP contribution in [0.1, 0.15) is 54.4 Å². The zero-order valence-electron chi connectivity index (χ0n) is 16.7. The van der Waals surface area contributed by atoms with Gasteiger partial charge in [0.15, 0.2) is 0 Å². The van der Waals surface area contributed by atoms with Gasteiger partial charge in [0.1, 0.15) is 11.2 Å². The molecular weight excluding hydrogens is 340 g/mol. The first-order chi connectivity index (χ1) is 11.8. The van der Waals surface area contributed by atoms with E-state index in [1.807, 2.05) is 0 Å². The average Bonchev–Trinajstić information content (AvgIpc) is 2.41. The average molecular weight is 374 g/mol. The normalized spacial score (nSPS) is 12.8. The van der Waals surface area contributed by atoms with Gasteiger partial charge >= 0.3 is 12.2 Å². The lowest BCUT2D eigenvalue weighted by Gasteiger charge is -2.21. The van der Waals surface area contributed by atoms with E-state index in [9.17, 15) is 14.4 Å². The van der Waals surface area contributed by atoms with Crippen molar-refractivity contribution in [2.45, 2.75) is 71.6 Å². The Kier molecular flexibility index (Phi) is 10.0. The van der Waals surface area contributed by atoms with E-state index in [4.69, 9.17) is 15.2 Å². The number of ether oxygens (including phenoxy) is 2. The summed E-state index contributed by atoms with van der Waals surface area (Å²) in [4.78, 5) is 34.5. The molecule has 0 radical (unpaired) electrons. The van der Waals surface area contributed by atoms with Gasteiger partial charge < -0.3 is 31.2 Å². The molecule has 9 nitrogen and oxygen atoms in total. The van der Waals surface area contributed by atoms with Crippen LogP contribution in [0.25, 0.3) is 0 Å². The van der Waals surface area contributed by atoms with Crippen molar-refractivity contribution in [2.24, 2.45) is 5.73 Å². The first kappa shape index (κ1) is 24.0. The second kappa shape index (κ2) is 10.8. The van der Waals surface area contributed by atoms with Gasteiger partial charge in [-0.1, -0.05) is 0 Å². The summed E-state index contributed by atoms with van der Waals surface area (Å²) in [6.07, 6.45) is -0.00387. The molecule has 0 aromatic carbocycles. The molecule has 1 atom stereocenters. The van der Waals surface area contributed by atoms with E-state index in [0.717, 1.165) is 0 Å². The van der Waals surface area contributed by atoms with Crippen molar-refractivity contribution >= 4 is 18.1 Å². The predicted molar refractivity (Wildman–Crippen MR) is 98.7 cm³/mol. The van der Waals surface area contributed by atoms with E-state index in [-0.39, 0.29) is 0 Å². The molecule has 5 N–H and O–H groups in total. The fourth-order valence-corrected chi connectivity index (χ4v) is 1.88. The third-order valence-corrected chi connectivity index (χ3v) is 2.87. The fraction of sp³-hybridized carbons (Fsp3) is 0.824. The van der Waals surface area contributed by atoms with Gasteiger partial charge in [-0.25, -0.2) is 9.59 Å². The van der Waals surface area contributed by atoms with Gasteiger partial charge in [-0.15, -0.1) is 0 Å². The second-order valence-corrected chi connectivity index (χ2v) is 7.91. The van der Waals surface area contributed by atoms with Crippen molar-refractivity contribution in [1.82, 2.24) is 16.0 Å². The SMILES string of the molecule is CC(C)(C)OC(=O)NCCC[C@H](NCCNC(=O)OC(C)(C)C)C(N)=O. The Morgan fingerprint density at radius 1 is 0.846 bits per heavy atom. The summed E-state index contributed by atoms with van der Waals surface area (Å²) < 4.78 is 10.2. The molecule has 152 valence electrons. The molecule has 0 rings (SSSR count). The van der Waals surface area contributed by atoms with Crippen molar-refractivity contribution in [3.8, 4) is 0 Å². The lowest BCUT2D eigenvalue weighted by atomic mass is 10.1. The molecule has 0 aliphatic rings. The number of nitrogens with one attached hydrogen (secondary N) is 3. The number of amides is 3. The molecule has 0 aliphatic carbocycles. The maximum atomic E-state index is 11.5. The molecule has 0 saturated carbocycles. The minimum atomic E-state index is -0.561. The predicted octanol–water partition coefficient (Wildman–Crippen LogP) is 1.26. The number of carbonyl (C=O) groups excluding carboxylic acids is 3. The van der Waals surface area contributed by atoms with Crippen LogP contribution >= 0.6 is 0 Å². The Morgan fingerprint density at radius 2 is 1.31 bits per heavy atom. The summed E-state index contributed by atoms with van der Waals surface area (Å²) in [5, 5.41) is 8.19. The van der Waals surface area contributed by atoms with Crippen molar-refractivity contribution in [1.29, 1.82) is 0 Å². The molecule has 0 unspecified atom stereocenters. The molecular formula is C17H34N4O5. The number of primary amides is 1. The van der Waals surface area contributed by atoms with E-state index in [0.29, 0.717) is 32.5 Å². The Bertz CT molecular complexity index is 433. The minimum absolute atomic E-state index is 0.300. The second-order valence-electron chi connectivity index (χ2n) is 7.91. The van der Waals surface area contributed by atoms with Crippen LogP contribution in [0.3, 0.4) is 0 Å². The number of hydrogen-bond donors (Lipinski definition) is 4. The van der Waals surface area contributed by atoms with Gasteiger partial charge in [-0.2, -0.15) is 0 Å². The van der Waals surface area contributed by atoms with Gasteiger partial charge in [-0.3, -0.25) is 4.79 Å². The van der Waals surface area contributed by atoms with Gasteiger partial charge in [0, 0.05) is 19.6 Å². The Hall–Kier alpha value is -2.03. The molecule has 0 fully saturated rings. The molecule has 3 amide bonds. The van der Waals surface area contributed by atoms with Gasteiger partial charge in [0.2, 0.25) is 5.91 Å². The van der Waals surface area contributed by atoms with E-state index in [2.05, 4.69) is 16.0 Å². The highest BCUT2D eigenvalue weighted by atomic mass is 16.6. The maximum Gasteiger partial charge on any atom is 0.407 e. The summed E-state index contributed by atoms with van der Waals surface area (Å²) in [5.74, 6) is -0.487. The summed E-state index contributed by atoms with van der Waals surface area (Å²) in [6.45, 7) is 11.7. The molecule has 26 heavy (non-hydrogen) atoms. The highest BCUT2D eigenvalue weighted by Gasteiger charge is 2.18. The zero-order chi connectivity index (χ0) is 20.4. The quantitative estimate of drug-likeness (QED) is 0.449. The van der Waals surface area contributed by atoms with E-state index in [1.165, 1.54) is 0 Å². The van der Waals surface area contributed by atoms with Crippen LogP contribution in [0, 0.1) is 0 Å². The lowest BCUT2D eigenvalue weighted by Crippen LogP contribution is -2.45. The first-order valence-electron chi connectivity index (χ1n) is 8.76. The standard InChI is InChI=1S/C17H34N4O5/c1-16(2,3)25-14(23)20-9-7-8-12(13(18)22)19-10-11-21-15(24)26-17(4,5)6/h12,19H,7-11H2,1-6H3,(H2,18,22)(H,20,23)(H,21,24)/t12-/m0/s1. The molecule has 0 heterocycles.